The van der Waals surface area contributed by atoms with Gasteiger partial charge in [0.1, 0.15) is 5.75 Å². The van der Waals surface area contributed by atoms with Crippen molar-refractivity contribution in [1.29, 1.82) is 0 Å². The fourth-order valence-electron chi connectivity index (χ4n) is 3.51. The van der Waals surface area contributed by atoms with E-state index >= 15 is 0 Å². The molecule has 1 atom stereocenters. The first kappa shape index (κ1) is 17.3. The number of aryl methyl sites for hydroxylation is 1. The summed E-state index contributed by atoms with van der Waals surface area (Å²) in [4.78, 5) is 12.8. The number of hydrogen-bond acceptors (Lipinski definition) is 2. The second-order valence-corrected chi connectivity index (χ2v) is 7.04. The Kier molecular flexibility index (Phi) is 4.93. The van der Waals surface area contributed by atoms with Crippen LogP contribution in [0.15, 0.2) is 72.8 Å². The topological polar surface area (TPSA) is 38.3 Å². The average Bonchev–Trinajstić information content (AvgIpc) is 3.15. The minimum atomic E-state index is -0.155. The molecule has 3 aromatic rings. The van der Waals surface area contributed by atoms with Crippen molar-refractivity contribution in [1.82, 2.24) is 5.32 Å². The summed E-state index contributed by atoms with van der Waals surface area (Å²) in [5.41, 5.74) is 5.59. The quantitative estimate of drug-likeness (QED) is 0.736. The molecule has 0 saturated carbocycles. The van der Waals surface area contributed by atoms with Crippen molar-refractivity contribution in [3.8, 4) is 5.75 Å². The third kappa shape index (κ3) is 4.03. The highest BCUT2D eigenvalue weighted by Gasteiger charge is 2.18. The molecule has 1 N–H and O–H groups in total. The number of amides is 1. The summed E-state index contributed by atoms with van der Waals surface area (Å²) in [6.45, 7) is 2.80. The van der Waals surface area contributed by atoms with Crippen LogP contribution in [0.2, 0.25) is 0 Å². The Morgan fingerprint density at radius 1 is 1.00 bits per heavy atom. The number of rotatable bonds is 5. The van der Waals surface area contributed by atoms with E-state index in [1.54, 1.807) is 0 Å². The van der Waals surface area contributed by atoms with Crippen molar-refractivity contribution >= 4 is 5.91 Å². The van der Waals surface area contributed by atoms with Gasteiger partial charge < -0.3 is 10.1 Å². The summed E-state index contributed by atoms with van der Waals surface area (Å²) in [5, 5.41) is 3.22. The molecule has 1 aliphatic heterocycles. The molecule has 136 valence electrons. The minimum Gasteiger partial charge on any atom is -0.493 e. The van der Waals surface area contributed by atoms with Crippen molar-refractivity contribution in [2.24, 2.45) is 0 Å². The first-order valence-corrected chi connectivity index (χ1v) is 9.34. The van der Waals surface area contributed by atoms with Gasteiger partial charge in [-0.1, -0.05) is 72.3 Å². The Hall–Kier alpha value is -3.07. The second-order valence-electron chi connectivity index (χ2n) is 7.04. The van der Waals surface area contributed by atoms with Gasteiger partial charge in [-0.05, 0) is 35.2 Å². The molecule has 0 fully saturated rings. The van der Waals surface area contributed by atoms with Gasteiger partial charge in [0.05, 0.1) is 19.1 Å². The highest BCUT2D eigenvalue weighted by molar-refractivity contribution is 5.79. The zero-order valence-corrected chi connectivity index (χ0v) is 15.4. The van der Waals surface area contributed by atoms with E-state index in [1.165, 1.54) is 11.1 Å². The zero-order chi connectivity index (χ0) is 18.6. The van der Waals surface area contributed by atoms with Gasteiger partial charge in [0.15, 0.2) is 0 Å². The van der Waals surface area contributed by atoms with Crippen molar-refractivity contribution in [3.63, 3.8) is 0 Å². The van der Waals surface area contributed by atoms with Gasteiger partial charge in [-0.15, -0.1) is 0 Å². The highest BCUT2D eigenvalue weighted by Crippen LogP contribution is 2.26. The van der Waals surface area contributed by atoms with Crippen LogP contribution in [-0.2, 0) is 17.6 Å². The van der Waals surface area contributed by atoms with Crippen molar-refractivity contribution in [3.05, 3.63) is 101 Å². The maximum absolute atomic E-state index is 12.8. The molecule has 0 saturated heterocycles. The summed E-state index contributed by atoms with van der Waals surface area (Å²) < 4.78 is 5.55. The van der Waals surface area contributed by atoms with Gasteiger partial charge in [0.2, 0.25) is 5.91 Å². The van der Waals surface area contributed by atoms with E-state index in [0.717, 1.165) is 35.5 Å². The molecule has 1 amide bonds. The van der Waals surface area contributed by atoms with Gasteiger partial charge in [-0.25, -0.2) is 0 Å². The van der Waals surface area contributed by atoms with E-state index in [0.29, 0.717) is 6.42 Å². The lowest BCUT2D eigenvalue weighted by Gasteiger charge is -2.20. The molecular formula is C24H23NO2. The molecule has 0 bridgehead atoms. The van der Waals surface area contributed by atoms with Crippen LogP contribution >= 0.6 is 0 Å². The molecule has 0 aromatic heterocycles. The first-order valence-electron chi connectivity index (χ1n) is 9.34. The Morgan fingerprint density at radius 3 is 2.52 bits per heavy atom. The SMILES string of the molecule is Cc1ccc(C(NC(=O)Cc2ccc3c(c2)CCO3)c2ccccc2)cc1. The molecule has 0 aliphatic carbocycles. The number of benzene rings is 3. The van der Waals surface area contributed by atoms with Crippen LogP contribution in [0, 0.1) is 6.92 Å². The molecule has 4 rings (SSSR count). The molecule has 0 radical (unpaired) electrons. The lowest BCUT2D eigenvalue weighted by molar-refractivity contribution is -0.120. The van der Waals surface area contributed by atoms with E-state index in [4.69, 9.17) is 4.74 Å². The zero-order valence-electron chi connectivity index (χ0n) is 15.4. The van der Waals surface area contributed by atoms with Crippen LogP contribution in [-0.4, -0.2) is 12.5 Å². The number of fused-ring (bicyclic) bond motifs is 1. The van der Waals surface area contributed by atoms with E-state index in [2.05, 4.69) is 54.7 Å². The van der Waals surface area contributed by atoms with Crippen LogP contribution in [0.4, 0.5) is 0 Å². The van der Waals surface area contributed by atoms with Crippen LogP contribution in [0.3, 0.4) is 0 Å². The molecule has 27 heavy (non-hydrogen) atoms. The summed E-state index contributed by atoms with van der Waals surface area (Å²) in [6.07, 6.45) is 1.28. The molecule has 3 nitrogen and oxygen atoms in total. The van der Waals surface area contributed by atoms with Gasteiger partial charge in [-0.3, -0.25) is 4.79 Å². The first-order chi connectivity index (χ1) is 13.2. The smallest absolute Gasteiger partial charge is 0.225 e. The lowest BCUT2D eigenvalue weighted by Crippen LogP contribution is -2.30. The summed E-state index contributed by atoms with van der Waals surface area (Å²) in [5.74, 6) is 0.962. The number of ether oxygens (including phenoxy) is 1. The summed E-state index contributed by atoms with van der Waals surface area (Å²) in [6, 6.07) is 24.3. The molecule has 1 aliphatic rings. The van der Waals surface area contributed by atoms with Gasteiger partial charge >= 0.3 is 0 Å². The van der Waals surface area contributed by atoms with E-state index < -0.39 is 0 Å². The normalized spacial score (nSPS) is 13.5. The molecular weight excluding hydrogens is 334 g/mol. The number of nitrogens with one attached hydrogen (secondary N) is 1. The summed E-state index contributed by atoms with van der Waals surface area (Å²) >= 11 is 0. The van der Waals surface area contributed by atoms with Crippen LogP contribution in [0.5, 0.6) is 5.75 Å². The van der Waals surface area contributed by atoms with Gasteiger partial charge in [-0.2, -0.15) is 0 Å². The largest absolute Gasteiger partial charge is 0.493 e. The fourth-order valence-corrected chi connectivity index (χ4v) is 3.51. The third-order valence-electron chi connectivity index (χ3n) is 4.97. The predicted octanol–water partition coefficient (Wildman–Crippen LogP) is 4.38. The van der Waals surface area contributed by atoms with Crippen molar-refractivity contribution in [2.75, 3.05) is 6.61 Å². The number of carbonyl (C=O) groups excluding carboxylic acids is 1. The maximum atomic E-state index is 12.8. The standard InChI is InChI=1S/C24H23NO2/c1-17-7-10-20(11-8-17)24(19-5-3-2-4-6-19)25-23(26)16-18-9-12-22-21(15-18)13-14-27-22/h2-12,15,24H,13-14,16H2,1H3,(H,25,26). The second kappa shape index (κ2) is 7.67. The van der Waals surface area contributed by atoms with Crippen LogP contribution in [0.1, 0.15) is 33.9 Å². The minimum absolute atomic E-state index is 0.0169. The molecule has 3 heteroatoms. The highest BCUT2D eigenvalue weighted by atomic mass is 16.5. The fraction of sp³-hybridized carbons (Fsp3) is 0.208. The Bertz CT molecular complexity index is 932. The van der Waals surface area contributed by atoms with E-state index in [-0.39, 0.29) is 11.9 Å². The van der Waals surface area contributed by atoms with E-state index in [9.17, 15) is 4.79 Å². The lowest BCUT2D eigenvalue weighted by atomic mass is 9.97. The molecule has 1 heterocycles. The van der Waals surface area contributed by atoms with Crippen molar-refractivity contribution < 1.29 is 9.53 Å². The van der Waals surface area contributed by atoms with Gasteiger partial charge in [0.25, 0.3) is 0 Å². The Balaban J connectivity index is 1.54. The predicted molar refractivity (Wildman–Crippen MR) is 107 cm³/mol. The maximum Gasteiger partial charge on any atom is 0.225 e. The average molecular weight is 357 g/mol. The Labute approximate surface area is 160 Å². The van der Waals surface area contributed by atoms with Crippen molar-refractivity contribution in [2.45, 2.75) is 25.8 Å². The van der Waals surface area contributed by atoms with Crippen LogP contribution < -0.4 is 10.1 Å². The Morgan fingerprint density at radius 2 is 1.74 bits per heavy atom. The monoisotopic (exact) mass is 357 g/mol. The molecule has 3 aromatic carbocycles. The summed E-state index contributed by atoms with van der Waals surface area (Å²) in [7, 11) is 0. The van der Waals surface area contributed by atoms with Gasteiger partial charge in [0, 0.05) is 6.42 Å². The molecule has 1 unspecified atom stereocenters. The number of hydrogen-bond donors (Lipinski definition) is 1. The van der Waals surface area contributed by atoms with E-state index in [1.807, 2.05) is 30.3 Å². The molecule has 0 spiro atoms. The third-order valence-corrected chi connectivity index (χ3v) is 4.97. The number of carbonyl (C=O) groups is 1. The van der Waals surface area contributed by atoms with Crippen LogP contribution in [0.25, 0.3) is 0 Å².